The third kappa shape index (κ3) is 5.28. The molecule has 0 radical (unpaired) electrons. The molecule has 8 heteroatoms. The van der Waals surface area contributed by atoms with Gasteiger partial charge in [-0.25, -0.2) is 4.57 Å². The minimum atomic E-state index is -3.65. The van der Waals surface area contributed by atoms with Gasteiger partial charge in [0.05, 0.1) is 23.3 Å². The van der Waals surface area contributed by atoms with Crippen LogP contribution in [0.5, 0.6) is 0 Å². The van der Waals surface area contributed by atoms with E-state index in [2.05, 4.69) is 0 Å². The summed E-state index contributed by atoms with van der Waals surface area (Å²) < 4.78 is 27.0. The standard InChI is InChI=1S/C12H14Cl3O4P/c1-3-17-20(16,18-4-2)19-8-12(15)10-6-5-9(13)7-11(10)14/h5-8H,3-4H2,1-2H3. The third-order valence-electron chi connectivity index (χ3n) is 2.05. The van der Waals surface area contributed by atoms with Gasteiger partial charge in [0.1, 0.15) is 6.26 Å². The fourth-order valence-corrected chi connectivity index (χ4v) is 3.17. The summed E-state index contributed by atoms with van der Waals surface area (Å²) in [4.78, 5) is 0. The van der Waals surface area contributed by atoms with Crippen LogP contribution in [0.1, 0.15) is 19.4 Å². The maximum atomic E-state index is 12.1. The summed E-state index contributed by atoms with van der Waals surface area (Å²) in [6.07, 6.45) is 1.09. The van der Waals surface area contributed by atoms with E-state index in [1.165, 1.54) is 0 Å². The van der Waals surface area contributed by atoms with Gasteiger partial charge in [-0.15, -0.1) is 0 Å². The van der Waals surface area contributed by atoms with Gasteiger partial charge in [0, 0.05) is 10.6 Å². The highest BCUT2D eigenvalue weighted by atomic mass is 35.5. The molecule has 0 atom stereocenters. The molecule has 0 unspecified atom stereocenters. The van der Waals surface area contributed by atoms with Crippen LogP contribution in [0.25, 0.3) is 5.03 Å². The van der Waals surface area contributed by atoms with E-state index in [4.69, 9.17) is 48.4 Å². The van der Waals surface area contributed by atoms with Gasteiger partial charge in [0.25, 0.3) is 0 Å². The Kier molecular flexibility index (Phi) is 7.38. The first kappa shape index (κ1) is 17.8. The summed E-state index contributed by atoms with van der Waals surface area (Å²) in [7, 11) is -3.65. The summed E-state index contributed by atoms with van der Waals surface area (Å²) in [5.74, 6) is 0. The zero-order valence-corrected chi connectivity index (χ0v) is 14.1. The highest BCUT2D eigenvalue weighted by molar-refractivity contribution is 7.48. The lowest BCUT2D eigenvalue weighted by Gasteiger charge is -2.15. The summed E-state index contributed by atoms with van der Waals surface area (Å²) in [5, 5.41) is 0.995. The molecule has 112 valence electrons. The average molecular weight is 360 g/mol. The van der Waals surface area contributed by atoms with E-state index < -0.39 is 7.82 Å². The molecule has 0 aliphatic rings. The zero-order valence-electron chi connectivity index (χ0n) is 10.9. The molecule has 0 fully saturated rings. The topological polar surface area (TPSA) is 44.8 Å². The zero-order chi connectivity index (χ0) is 15.2. The first-order valence-electron chi connectivity index (χ1n) is 5.80. The quantitative estimate of drug-likeness (QED) is 0.461. The molecule has 0 aliphatic carbocycles. The number of halogens is 3. The maximum Gasteiger partial charge on any atom is 0.529 e. The van der Waals surface area contributed by atoms with Crippen LogP contribution in [0.15, 0.2) is 24.5 Å². The van der Waals surface area contributed by atoms with Crippen molar-refractivity contribution in [3.05, 3.63) is 40.1 Å². The Morgan fingerprint density at radius 3 is 2.35 bits per heavy atom. The Hall–Kier alpha value is -0.220. The van der Waals surface area contributed by atoms with E-state index >= 15 is 0 Å². The highest BCUT2D eigenvalue weighted by Gasteiger charge is 2.25. The van der Waals surface area contributed by atoms with Gasteiger partial charge in [0.15, 0.2) is 0 Å². The largest absolute Gasteiger partial charge is 0.529 e. The lowest BCUT2D eigenvalue weighted by atomic mass is 10.2. The van der Waals surface area contributed by atoms with E-state index in [1.807, 2.05) is 0 Å². The molecule has 1 aromatic rings. The Bertz CT molecular complexity index is 523. The number of phosphoric acid groups is 1. The second-order valence-corrected chi connectivity index (χ2v) is 6.35. The molecular weight excluding hydrogens is 345 g/mol. The lowest BCUT2D eigenvalue weighted by Crippen LogP contribution is -1.97. The predicted octanol–water partition coefficient (Wildman–Crippen LogP) is 5.73. The van der Waals surface area contributed by atoms with Gasteiger partial charge < -0.3 is 4.52 Å². The number of benzene rings is 1. The first-order chi connectivity index (χ1) is 9.41. The van der Waals surface area contributed by atoms with Crippen LogP contribution >= 0.6 is 42.6 Å². The van der Waals surface area contributed by atoms with Crippen LogP contribution in [-0.4, -0.2) is 13.2 Å². The molecule has 0 amide bonds. The van der Waals surface area contributed by atoms with Crippen molar-refractivity contribution in [2.24, 2.45) is 0 Å². The smallest absolute Gasteiger partial charge is 0.410 e. The number of hydrogen-bond donors (Lipinski definition) is 0. The molecular formula is C12H14Cl3O4P. The fraction of sp³-hybridized carbons (Fsp3) is 0.333. The van der Waals surface area contributed by atoms with Crippen molar-refractivity contribution in [3.8, 4) is 0 Å². The minimum Gasteiger partial charge on any atom is -0.410 e. The second kappa shape index (κ2) is 8.28. The first-order valence-corrected chi connectivity index (χ1v) is 8.40. The van der Waals surface area contributed by atoms with Crippen LogP contribution < -0.4 is 0 Å². The van der Waals surface area contributed by atoms with Crippen molar-refractivity contribution < 1.29 is 18.1 Å². The molecule has 0 N–H and O–H groups in total. The molecule has 0 heterocycles. The molecule has 1 rings (SSSR count). The molecule has 20 heavy (non-hydrogen) atoms. The van der Waals surface area contributed by atoms with Crippen molar-refractivity contribution in [2.75, 3.05) is 13.2 Å². The fourth-order valence-electron chi connectivity index (χ4n) is 1.27. The molecule has 0 aliphatic heterocycles. The summed E-state index contributed by atoms with van der Waals surface area (Å²) in [6, 6.07) is 4.79. The summed E-state index contributed by atoms with van der Waals surface area (Å²) in [5.41, 5.74) is 0.497. The van der Waals surface area contributed by atoms with Gasteiger partial charge >= 0.3 is 7.82 Å². The Morgan fingerprint density at radius 1 is 1.25 bits per heavy atom. The Morgan fingerprint density at radius 2 is 1.85 bits per heavy atom. The number of hydrogen-bond acceptors (Lipinski definition) is 4. The second-order valence-electron chi connectivity index (χ2n) is 3.48. The van der Waals surface area contributed by atoms with Crippen LogP contribution in [0.3, 0.4) is 0 Å². The number of phosphoric ester groups is 1. The van der Waals surface area contributed by atoms with Crippen LogP contribution in [-0.2, 0) is 18.1 Å². The average Bonchev–Trinajstić information content (AvgIpc) is 2.37. The van der Waals surface area contributed by atoms with Gasteiger partial charge in [-0.2, -0.15) is 0 Å². The predicted molar refractivity (Wildman–Crippen MR) is 82.2 cm³/mol. The van der Waals surface area contributed by atoms with Crippen molar-refractivity contribution in [2.45, 2.75) is 13.8 Å². The monoisotopic (exact) mass is 358 g/mol. The molecule has 1 aromatic carbocycles. The van der Waals surface area contributed by atoms with Gasteiger partial charge in [0.2, 0.25) is 0 Å². The molecule has 0 bridgehead atoms. The van der Waals surface area contributed by atoms with E-state index in [1.54, 1.807) is 32.0 Å². The van der Waals surface area contributed by atoms with E-state index in [-0.39, 0.29) is 18.2 Å². The van der Waals surface area contributed by atoms with Gasteiger partial charge in [-0.3, -0.25) is 9.05 Å². The van der Waals surface area contributed by atoms with E-state index in [0.717, 1.165) is 6.26 Å². The molecule has 0 saturated heterocycles. The summed E-state index contributed by atoms with van der Waals surface area (Å²) in [6.45, 7) is 3.72. The Labute approximate surface area is 133 Å². The van der Waals surface area contributed by atoms with E-state index in [9.17, 15) is 4.57 Å². The minimum absolute atomic E-state index is 0.159. The van der Waals surface area contributed by atoms with Crippen LogP contribution in [0.2, 0.25) is 10.0 Å². The van der Waals surface area contributed by atoms with Crippen molar-refractivity contribution in [3.63, 3.8) is 0 Å². The maximum absolute atomic E-state index is 12.1. The molecule has 4 nitrogen and oxygen atoms in total. The van der Waals surface area contributed by atoms with Gasteiger partial charge in [-0.1, -0.05) is 40.9 Å². The molecule has 0 saturated carbocycles. The third-order valence-corrected chi connectivity index (χ3v) is 4.40. The van der Waals surface area contributed by atoms with Crippen molar-refractivity contribution >= 4 is 47.7 Å². The SMILES string of the molecule is CCOP(=O)(OC=C(Cl)c1ccc(Cl)cc1Cl)OCC. The van der Waals surface area contributed by atoms with Crippen LogP contribution in [0.4, 0.5) is 0 Å². The molecule has 0 spiro atoms. The van der Waals surface area contributed by atoms with Gasteiger partial charge in [-0.05, 0) is 26.0 Å². The normalized spacial score (nSPS) is 12.6. The van der Waals surface area contributed by atoms with Crippen molar-refractivity contribution in [1.82, 2.24) is 0 Å². The van der Waals surface area contributed by atoms with Crippen LogP contribution in [0, 0.1) is 0 Å². The summed E-state index contributed by atoms with van der Waals surface area (Å²) >= 11 is 17.8. The number of rotatable bonds is 7. The lowest BCUT2D eigenvalue weighted by molar-refractivity contribution is 0.154. The van der Waals surface area contributed by atoms with Crippen molar-refractivity contribution in [1.29, 1.82) is 0 Å². The highest BCUT2D eigenvalue weighted by Crippen LogP contribution is 2.50. The Balaban J connectivity index is 2.90. The van der Waals surface area contributed by atoms with E-state index in [0.29, 0.717) is 15.6 Å². The molecule has 0 aromatic heterocycles.